The molecule has 2 rings (SSSR count). The van der Waals surface area contributed by atoms with Crippen molar-refractivity contribution in [2.75, 3.05) is 19.5 Å². The summed E-state index contributed by atoms with van der Waals surface area (Å²) in [5, 5.41) is 21.2. The first-order valence-electron chi connectivity index (χ1n) is 7.58. The van der Waals surface area contributed by atoms with Gasteiger partial charge in [0.25, 0.3) is 5.91 Å². The second kappa shape index (κ2) is 8.74. The summed E-state index contributed by atoms with van der Waals surface area (Å²) in [6.45, 7) is 0. The van der Waals surface area contributed by atoms with Gasteiger partial charge in [0.05, 0.1) is 30.5 Å². The van der Waals surface area contributed by atoms with Crippen molar-refractivity contribution >= 4 is 35.2 Å². The largest absolute Gasteiger partial charge is 0.493 e. The third-order valence-electron chi connectivity index (χ3n) is 3.54. The van der Waals surface area contributed by atoms with Crippen LogP contribution in [0.4, 0.5) is 5.69 Å². The number of amides is 1. The number of halogens is 1. The minimum absolute atomic E-state index is 0.0847. The van der Waals surface area contributed by atoms with Gasteiger partial charge in [0.2, 0.25) is 0 Å². The first-order valence-corrected chi connectivity index (χ1v) is 7.96. The molecule has 2 N–H and O–H groups in total. The molecule has 0 unspecified atom stereocenters. The highest BCUT2D eigenvalue weighted by molar-refractivity contribution is 6.32. The Labute approximate surface area is 160 Å². The second-order valence-corrected chi connectivity index (χ2v) is 5.62. The van der Waals surface area contributed by atoms with E-state index in [1.54, 1.807) is 18.2 Å². The molecule has 27 heavy (non-hydrogen) atoms. The Morgan fingerprint density at radius 1 is 1.22 bits per heavy atom. The lowest BCUT2D eigenvalue weighted by Crippen LogP contribution is -2.16. The fourth-order valence-corrected chi connectivity index (χ4v) is 2.60. The lowest BCUT2D eigenvalue weighted by molar-refractivity contribution is -0.112. The molecular weight excluding hydrogens is 372 g/mol. The van der Waals surface area contributed by atoms with Gasteiger partial charge in [-0.15, -0.1) is 0 Å². The molecule has 0 aromatic heterocycles. The molecule has 0 radical (unpaired) electrons. The molecule has 0 heterocycles. The van der Waals surface area contributed by atoms with E-state index >= 15 is 0 Å². The second-order valence-electron chi connectivity index (χ2n) is 5.21. The maximum atomic E-state index is 12.4. The van der Waals surface area contributed by atoms with Crippen LogP contribution in [-0.4, -0.2) is 31.2 Å². The summed E-state index contributed by atoms with van der Waals surface area (Å²) < 4.78 is 10.3. The van der Waals surface area contributed by atoms with Gasteiger partial charge >= 0.3 is 5.97 Å². The van der Waals surface area contributed by atoms with Crippen molar-refractivity contribution in [2.24, 2.45) is 0 Å². The minimum Gasteiger partial charge on any atom is -0.493 e. The van der Waals surface area contributed by atoms with Gasteiger partial charge in [-0.05, 0) is 35.9 Å². The summed E-state index contributed by atoms with van der Waals surface area (Å²) in [6, 6.07) is 10.8. The molecule has 0 saturated heterocycles. The molecule has 0 saturated carbocycles. The Morgan fingerprint density at radius 3 is 2.52 bits per heavy atom. The van der Waals surface area contributed by atoms with Crippen molar-refractivity contribution in [2.45, 2.75) is 0 Å². The highest BCUT2D eigenvalue weighted by Crippen LogP contribution is 2.36. The molecule has 7 nitrogen and oxygen atoms in total. The summed E-state index contributed by atoms with van der Waals surface area (Å²) in [4.78, 5) is 23.6. The number of ether oxygens (including phenoxy) is 2. The van der Waals surface area contributed by atoms with Crippen LogP contribution in [0.15, 0.2) is 42.0 Å². The zero-order valence-electron chi connectivity index (χ0n) is 14.4. The number of benzene rings is 2. The molecule has 138 valence electrons. The van der Waals surface area contributed by atoms with E-state index < -0.39 is 11.9 Å². The fraction of sp³-hybridized carbons (Fsp3) is 0.105. The predicted molar refractivity (Wildman–Crippen MR) is 100 cm³/mol. The van der Waals surface area contributed by atoms with E-state index in [0.29, 0.717) is 17.1 Å². The number of carboxylic acids is 1. The van der Waals surface area contributed by atoms with Crippen LogP contribution in [-0.2, 0) is 4.79 Å². The maximum absolute atomic E-state index is 12.4. The zero-order chi connectivity index (χ0) is 20.0. The van der Waals surface area contributed by atoms with Gasteiger partial charge in [-0.1, -0.05) is 23.7 Å². The van der Waals surface area contributed by atoms with Gasteiger partial charge in [-0.3, -0.25) is 4.79 Å². The van der Waals surface area contributed by atoms with Gasteiger partial charge in [0.15, 0.2) is 11.5 Å². The van der Waals surface area contributed by atoms with E-state index in [4.69, 9.17) is 21.1 Å². The molecule has 0 aliphatic rings. The van der Waals surface area contributed by atoms with Crippen LogP contribution < -0.4 is 14.8 Å². The van der Waals surface area contributed by atoms with Crippen LogP contribution in [0.3, 0.4) is 0 Å². The number of para-hydroxylation sites is 1. The molecule has 0 aliphatic heterocycles. The van der Waals surface area contributed by atoms with Crippen LogP contribution in [0.2, 0.25) is 5.02 Å². The number of nitrogens with one attached hydrogen (secondary N) is 1. The Kier molecular flexibility index (Phi) is 6.41. The van der Waals surface area contributed by atoms with Gasteiger partial charge in [-0.2, -0.15) is 5.26 Å². The summed E-state index contributed by atoms with van der Waals surface area (Å²) in [6.07, 6.45) is 1.31. The first-order chi connectivity index (χ1) is 12.9. The van der Waals surface area contributed by atoms with Crippen LogP contribution in [0.1, 0.15) is 15.9 Å². The molecule has 0 spiro atoms. The first kappa shape index (κ1) is 19.8. The third kappa shape index (κ3) is 4.57. The quantitative estimate of drug-likeness (QED) is 0.580. The van der Waals surface area contributed by atoms with Crippen LogP contribution >= 0.6 is 11.6 Å². The smallest absolute Gasteiger partial charge is 0.337 e. The number of nitrogens with zero attached hydrogens (tertiary/aromatic N) is 1. The lowest BCUT2D eigenvalue weighted by Gasteiger charge is -2.11. The van der Waals surface area contributed by atoms with Crippen molar-refractivity contribution in [3.05, 3.63) is 58.1 Å². The van der Waals surface area contributed by atoms with Gasteiger partial charge in [0.1, 0.15) is 11.6 Å². The van der Waals surface area contributed by atoms with Crippen LogP contribution in [0.25, 0.3) is 6.08 Å². The molecule has 0 aliphatic carbocycles. The number of hydrogen-bond donors (Lipinski definition) is 2. The molecule has 0 fully saturated rings. The molecule has 0 atom stereocenters. The topological polar surface area (TPSA) is 109 Å². The number of carbonyl (C=O) groups is 2. The summed E-state index contributed by atoms with van der Waals surface area (Å²) in [5.41, 5.74) is 0.202. The van der Waals surface area contributed by atoms with Crippen molar-refractivity contribution in [1.82, 2.24) is 0 Å². The summed E-state index contributed by atoms with van der Waals surface area (Å²) in [7, 11) is 2.87. The molecule has 1 amide bonds. The average molecular weight is 387 g/mol. The standard InChI is InChI=1S/C19H15ClN2O5/c1-26-16-9-11(8-14(20)17(16)27-2)7-12(10-21)18(23)22-15-6-4-3-5-13(15)19(24)25/h3-9H,1-2H3,(H,22,23)(H,24,25)/b12-7+. The lowest BCUT2D eigenvalue weighted by atomic mass is 10.1. The zero-order valence-corrected chi connectivity index (χ0v) is 15.2. The Balaban J connectivity index is 2.37. The number of hydrogen-bond acceptors (Lipinski definition) is 5. The van der Waals surface area contributed by atoms with Gasteiger partial charge < -0.3 is 19.9 Å². The number of carboxylic acid groups (broad SMARTS) is 1. The van der Waals surface area contributed by atoms with Gasteiger partial charge in [-0.25, -0.2) is 4.79 Å². The summed E-state index contributed by atoms with van der Waals surface area (Å²) in [5.74, 6) is -1.28. The van der Waals surface area contributed by atoms with Crippen LogP contribution in [0.5, 0.6) is 11.5 Å². The van der Waals surface area contributed by atoms with Gasteiger partial charge in [0, 0.05) is 0 Å². The van der Waals surface area contributed by atoms with Crippen LogP contribution in [0, 0.1) is 11.3 Å². The molecule has 0 bridgehead atoms. The Bertz CT molecular complexity index is 963. The minimum atomic E-state index is -1.19. The van der Waals surface area contributed by atoms with E-state index in [1.807, 2.05) is 0 Å². The number of rotatable bonds is 6. The fourth-order valence-electron chi connectivity index (χ4n) is 2.30. The summed E-state index contributed by atoms with van der Waals surface area (Å²) >= 11 is 6.12. The monoisotopic (exact) mass is 386 g/mol. The normalized spacial score (nSPS) is 10.7. The van der Waals surface area contributed by atoms with E-state index in [-0.39, 0.29) is 21.8 Å². The van der Waals surface area contributed by atoms with Crippen molar-refractivity contribution in [3.63, 3.8) is 0 Å². The van der Waals surface area contributed by atoms with E-state index in [0.717, 1.165) is 0 Å². The maximum Gasteiger partial charge on any atom is 0.337 e. The van der Waals surface area contributed by atoms with E-state index in [2.05, 4.69) is 5.32 Å². The average Bonchev–Trinajstić information content (AvgIpc) is 2.65. The highest BCUT2D eigenvalue weighted by Gasteiger charge is 2.16. The number of anilines is 1. The predicted octanol–water partition coefficient (Wildman–Crippen LogP) is 3.60. The third-order valence-corrected chi connectivity index (χ3v) is 3.82. The molecular formula is C19H15ClN2O5. The Hall–Kier alpha value is -3.50. The highest BCUT2D eigenvalue weighted by atomic mass is 35.5. The van der Waals surface area contributed by atoms with Crippen molar-refractivity contribution in [1.29, 1.82) is 5.26 Å². The number of methoxy groups -OCH3 is 2. The molecule has 8 heteroatoms. The van der Waals surface area contributed by atoms with Crippen molar-refractivity contribution < 1.29 is 24.2 Å². The number of nitriles is 1. The Morgan fingerprint density at radius 2 is 1.93 bits per heavy atom. The number of carbonyl (C=O) groups excluding carboxylic acids is 1. The van der Waals surface area contributed by atoms with E-state index in [1.165, 1.54) is 44.6 Å². The number of aromatic carboxylic acids is 1. The van der Waals surface area contributed by atoms with Crippen molar-refractivity contribution in [3.8, 4) is 17.6 Å². The SMILES string of the molecule is COc1cc(/C=C(\C#N)C(=O)Nc2ccccc2C(=O)O)cc(Cl)c1OC. The van der Waals surface area contributed by atoms with E-state index in [9.17, 15) is 20.0 Å². The molecule has 2 aromatic carbocycles. The molecule has 2 aromatic rings.